The first-order valence-electron chi connectivity index (χ1n) is 9.39. The molecular formula is C20H29N5. The zero-order valence-electron chi connectivity index (χ0n) is 15.6. The van der Waals surface area contributed by atoms with Gasteiger partial charge in [-0.05, 0) is 62.9 Å². The highest BCUT2D eigenvalue weighted by Gasteiger charge is 2.17. The van der Waals surface area contributed by atoms with Crippen molar-refractivity contribution in [2.24, 2.45) is 5.92 Å². The molecule has 1 saturated heterocycles. The Labute approximate surface area is 151 Å². The van der Waals surface area contributed by atoms with Gasteiger partial charge in [-0.2, -0.15) is 4.98 Å². The molecular weight excluding hydrogens is 310 g/mol. The van der Waals surface area contributed by atoms with Crippen LogP contribution in [-0.4, -0.2) is 36.1 Å². The van der Waals surface area contributed by atoms with Gasteiger partial charge >= 0.3 is 0 Å². The van der Waals surface area contributed by atoms with Gasteiger partial charge in [-0.3, -0.25) is 0 Å². The maximum absolute atomic E-state index is 4.71. The molecule has 1 N–H and O–H groups in total. The second kappa shape index (κ2) is 8.19. The van der Waals surface area contributed by atoms with E-state index in [1.54, 1.807) is 0 Å². The number of hydrogen-bond acceptors (Lipinski definition) is 5. The molecule has 1 aromatic carbocycles. The van der Waals surface area contributed by atoms with Gasteiger partial charge in [-0.15, -0.1) is 0 Å². The molecule has 0 radical (unpaired) electrons. The van der Waals surface area contributed by atoms with Gasteiger partial charge in [-0.25, -0.2) is 4.98 Å². The van der Waals surface area contributed by atoms with E-state index in [1.165, 1.54) is 18.5 Å². The Hall–Kier alpha value is -2.30. The average Bonchev–Trinajstić information content (AvgIpc) is 2.64. The largest absolute Gasteiger partial charge is 0.372 e. The Morgan fingerprint density at radius 3 is 2.60 bits per heavy atom. The lowest BCUT2D eigenvalue weighted by molar-refractivity contribution is 0.444. The summed E-state index contributed by atoms with van der Waals surface area (Å²) in [6.07, 6.45) is 4.39. The topological polar surface area (TPSA) is 44.3 Å². The lowest BCUT2D eigenvalue weighted by Gasteiger charge is -2.31. The van der Waals surface area contributed by atoms with E-state index in [2.05, 4.69) is 65.1 Å². The number of nitrogens with zero attached hydrogens (tertiary/aromatic N) is 4. The smallest absolute Gasteiger partial charge is 0.229 e. The Morgan fingerprint density at radius 2 is 1.92 bits per heavy atom. The van der Waals surface area contributed by atoms with E-state index in [0.29, 0.717) is 5.95 Å². The summed E-state index contributed by atoms with van der Waals surface area (Å²) in [5, 5.41) is 3.33. The highest BCUT2D eigenvalue weighted by Crippen LogP contribution is 2.23. The van der Waals surface area contributed by atoms with Gasteiger partial charge in [0.2, 0.25) is 5.95 Å². The van der Waals surface area contributed by atoms with Crippen molar-refractivity contribution < 1.29 is 0 Å². The Balaban J connectivity index is 1.69. The van der Waals surface area contributed by atoms with Gasteiger partial charge in [0.25, 0.3) is 0 Å². The molecule has 3 rings (SSSR count). The fraction of sp³-hybridized carbons (Fsp3) is 0.500. The normalized spacial score (nSPS) is 17.4. The number of aromatic nitrogens is 2. The Bertz CT molecular complexity index is 666. The molecule has 0 aliphatic carbocycles. The second-order valence-corrected chi connectivity index (χ2v) is 6.78. The van der Waals surface area contributed by atoms with Crippen molar-refractivity contribution in [2.75, 3.05) is 41.3 Å². The van der Waals surface area contributed by atoms with Crippen LogP contribution in [0.3, 0.4) is 0 Å². The summed E-state index contributed by atoms with van der Waals surface area (Å²) in [7, 11) is 0. The third kappa shape index (κ3) is 4.41. The zero-order valence-corrected chi connectivity index (χ0v) is 15.6. The van der Waals surface area contributed by atoms with Crippen LogP contribution < -0.4 is 15.1 Å². The van der Waals surface area contributed by atoms with Gasteiger partial charge in [-0.1, -0.05) is 6.92 Å². The summed E-state index contributed by atoms with van der Waals surface area (Å²) in [6, 6.07) is 10.5. The predicted octanol–water partition coefficient (Wildman–Crippen LogP) is 4.30. The summed E-state index contributed by atoms with van der Waals surface area (Å²) in [6.45, 7) is 10.9. The molecule has 5 heteroatoms. The van der Waals surface area contributed by atoms with Crippen LogP contribution in [-0.2, 0) is 0 Å². The molecule has 1 aliphatic rings. The highest BCUT2D eigenvalue weighted by atomic mass is 15.2. The molecule has 1 aliphatic heterocycles. The number of hydrogen-bond donors (Lipinski definition) is 1. The van der Waals surface area contributed by atoms with E-state index in [9.17, 15) is 0 Å². The molecule has 1 atom stereocenters. The van der Waals surface area contributed by atoms with Crippen LogP contribution in [0.4, 0.5) is 23.1 Å². The highest BCUT2D eigenvalue weighted by molar-refractivity contribution is 5.60. The van der Waals surface area contributed by atoms with Crippen molar-refractivity contribution in [1.82, 2.24) is 9.97 Å². The van der Waals surface area contributed by atoms with Crippen LogP contribution in [0.25, 0.3) is 0 Å². The van der Waals surface area contributed by atoms with E-state index >= 15 is 0 Å². The predicted molar refractivity (Wildman–Crippen MR) is 106 cm³/mol. The monoisotopic (exact) mass is 339 g/mol. The summed E-state index contributed by atoms with van der Waals surface area (Å²) >= 11 is 0. The van der Waals surface area contributed by atoms with E-state index < -0.39 is 0 Å². The summed E-state index contributed by atoms with van der Waals surface area (Å²) in [4.78, 5) is 13.8. The minimum atomic E-state index is 0.659. The molecule has 5 nitrogen and oxygen atoms in total. The molecule has 1 aromatic heterocycles. The fourth-order valence-electron chi connectivity index (χ4n) is 3.46. The van der Waals surface area contributed by atoms with E-state index in [-0.39, 0.29) is 0 Å². The molecule has 0 saturated carbocycles. The first kappa shape index (κ1) is 17.5. The quantitative estimate of drug-likeness (QED) is 0.850. The molecule has 2 aromatic rings. The van der Waals surface area contributed by atoms with Gasteiger partial charge in [0.15, 0.2) is 0 Å². The molecule has 0 amide bonds. The van der Waals surface area contributed by atoms with Crippen molar-refractivity contribution in [1.29, 1.82) is 0 Å². The van der Waals surface area contributed by atoms with Gasteiger partial charge in [0, 0.05) is 43.8 Å². The van der Waals surface area contributed by atoms with Gasteiger partial charge < -0.3 is 15.1 Å². The van der Waals surface area contributed by atoms with Crippen molar-refractivity contribution in [3.8, 4) is 0 Å². The van der Waals surface area contributed by atoms with Crippen molar-refractivity contribution in [2.45, 2.75) is 33.6 Å². The zero-order chi connectivity index (χ0) is 17.6. The number of anilines is 4. The van der Waals surface area contributed by atoms with Crippen LogP contribution in [0, 0.1) is 5.92 Å². The van der Waals surface area contributed by atoms with Crippen LogP contribution >= 0.6 is 0 Å². The second-order valence-electron chi connectivity index (χ2n) is 6.78. The van der Waals surface area contributed by atoms with E-state index in [4.69, 9.17) is 4.98 Å². The van der Waals surface area contributed by atoms with Crippen LogP contribution in [0.15, 0.2) is 36.5 Å². The molecule has 0 bridgehead atoms. The molecule has 25 heavy (non-hydrogen) atoms. The van der Waals surface area contributed by atoms with Crippen LogP contribution in [0.1, 0.15) is 33.6 Å². The summed E-state index contributed by atoms with van der Waals surface area (Å²) in [5.41, 5.74) is 2.26. The average molecular weight is 339 g/mol. The first-order valence-corrected chi connectivity index (χ1v) is 9.39. The number of piperidine rings is 1. The molecule has 0 spiro atoms. The van der Waals surface area contributed by atoms with Gasteiger partial charge in [0.1, 0.15) is 5.82 Å². The number of nitrogens with one attached hydrogen (secondary N) is 1. The maximum Gasteiger partial charge on any atom is 0.229 e. The van der Waals surface area contributed by atoms with Crippen molar-refractivity contribution in [3.63, 3.8) is 0 Å². The number of rotatable bonds is 6. The van der Waals surface area contributed by atoms with Gasteiger partial charge in [0.05, 0.1) is 0 Å². The molecule has 134 valence electrons. The van der Waals surface area contributed by atoms with Crippen LogP contribution in [0.5, 0.6) is 0 Å². The minimum Gasteiger partial charge on any atom is -0.372 e. The molecule has 2 heterocycles. The fourth-order valence-corrected chi connectivity index (χ4v) is 3.46. The summed E-state index contributed by atoms with van der Waals surface area (Å²) in [5.74, 6) is 2.41. The third-order valence-electron chi connectivity index (χ3n) is 4.87. The minimum absolute atomic E-state index is 0.659. The standard InChI is InChI=1S/C20H29N5/c1-4-24(5-2)18-10-8-17(9-11-18)22-20-21-13-12-19(23-20)25-14-6-7-16(3)15-25/h8-13,16H,4-7,14-15H2,1-3H3,(H,21,22,23). The Kier molecular flexibility index (Phi) is 5.74. The van der Waals surface area contributed by atoms with Crippen LogP contribution in [0.2, 0.25) is 0 Å². The maximum atomic E-state index is 4.71. The van der Waals surface area contributed by atoms with Crippen molar-refractivity contribution in [3.05, 3.63) is 36.5 Å². The first-order chi connectivity index (χ1) is 12.2. The van der Waals surface area contributed by atoms with Crippen molar-refractivity contribution >= 4 is 23.1 Å². The molecule has 1 unspecified atom stereocenters. The number of benzene rings is 1. The van der Waals surface area contributed by atoms with E-state index in [0.717, 1.165) is 43.6 Å². The third-order valence-corrected chi connectivity index (χ3v) is 4.87. The SMILES string of the molecule is CCN(CC)c1ccc(Nc2nccc(N3CCCC(C)C3)n2)cc1. The molecule has 1 fully saturated rings. The summed E-state index contributed by atoms with van der Waals surface area (Å²) < 4.78 is 0. The van der Waals surface area contributed by atoms with E-state index in [1.807, 2.05) is 12.3 Å². The lowest BCUT2D eigenvalue weighted by atomic mass is 10.0. The Morgan fingerprint density at radius 1 is 1.16 bits per heavy atom. The lowest BCUT2D eigenvalue weighted by Crippen LogP contribution is -2.34.